The number of halogens is 1. The van der Waals surface area contributed by atoms with E-state index >= 15 is 0 Å². The molecule has 0 saturated carbocycles. The van der Waals surface area contributed by atoms with Crippen LogP contribution in [0.3, 0.4) is 0 Å². The van der Waals surface area contributed by atoms with Crippen molar-refractivity contribution in [1.29, 1.82) is 0 Å². The van der Waals surface area contributed by atoms with E-state index in [1.807, 2.05) is 0 Å². The Morgan fingerprint density at radius 2 is 1.57 bits per heavy atom. The maximum absolute atomic E-state index is 11.8. The zero-order valence-electron chi connectivity index (χ0n) is 15.3. The molecule has 3 heteroatoms. The molecule has 0 aliphatic rings. The summed E-state index contributed by atoms with van der Waals surface area (Å²) in [5.74, 6) is 0.540. The van der Waals surface area contributed by atoms with Gasteiger partial charge in [0, 0.05) is 11.8 Å². The predicted octanol–water partition coefficient (Wildman–Crippen LogP) is 6.86. The van der Waals surface area contributed by atoms with Gasteiger partial charge in [-0.25, -0.2) is 0 Å². The van der Waals surface area contributed by atoms with Gasteiger partial charge in [-0.15, -0.1) is 0 Å². The molecule has 136 valence electrons. The van der Waals surface area contributed by atoms with Crippen molar-refractivity contribution in [3.63, 3.8) is 0 Å². The summed E-state index contributed by atoms with van der Waals surface area (Å²) in [5, 5.41) is 1.12. The van der Waals surface area contributed by atoms with E-state index in [1.54, 1.807) is 0 Å². The molecule has 0 spiro atoms. The van der Waals surface area contributed by atoms with E-state index in [2.05, 4.69) is 29.8 Å². The molecular weight excluding hydrogens is 352 g/mol. The normalized spacial score (nSPS) is 12.3. The van der Waals surface area contributed by atoms with Crippen LogP contribution in [0.25, 0.3) is 0 Å². The lowest BCUT2D eigenvalue weighted by Crippen LogP contribution is -2.13. The van der Waals surface area contributed by atoms with Crippen molar-refractivity contribution in [2.75, 3.05) is 11.9 Å². The van der Waals surface area contributed by atoms with Crippen LogP contribution in [0, 0.1) is 12.8 Å². The zero-order valence-corrected chi connectivity index (χ0v) is 16.9. The summed E-state index contributed by atoms with van der Waals surface area (Å²) in [7, 11) is 0. The average molecular weight is 390 g/mol. The Morgan fingerprint density at radius 3 is 2.17 bits per heavy atom. The number of rotatable bonds is 17. The van der Waals surface area contributed by atoms with Crippen LogP contribution in [-0.4, -0.2) is 17.9 Å². The summed E-state index contributed by atoms with van der Waals surface area (Å²) in [6.45, 7) is 6.68. The van der Waals surface area contributed by atoms with Crippen molar-refractivity contribution in [2.24, 2.45) is 5.92 Å². The minimum Gasteiger partial charge on any atom is -0.465 e. The second-order valence-corrected chi connectivity index (χ2v) is 7.37. The van der Waals surface area contributed by atoms with Gasteiger partial charge in [-0.1, -0.05) is 67.8 Å². The van der Waals surface area contributed by atoms with Gasteiger partial charge in [-0.3, -0.25) is 4.79 Å². The van der Waals surface area contributed by atoms with Crippen LogP contribution in [0.4, 0.5) is 0 Å². The summed E-state index contributed by atoms with van der Waals surface area (Å²) < 4.78 is 5.46. The zero-order chi connectivity index (χ0) is 17.2. The molecule has 1 atom stereocenters. The van der Waals surface area contributed by atoms with Crippen molar-refractivity contribution in [1.82, 2.24) is 0 Å². The summed E-state index contributed by atoms with van der Waals surface area (Å²) >= 11 is 3.46. The topological polar surface area (TPSA) is 26.3 Å². The van der Waals surface area contributed by atoms with Crippen molar-refractivity contribution < 1.29 is 9.53 Å². The molecule has 0 saturated heterocycles. The van der Waals surface area contributed by atoms with Crippen molar-refractivity contribution in [3.8, 4) is 0 Å². The van der Waals surface area contributed by atoms with Gasteiger partial charge in [0.2, 0.25) is 0 Å². The quantitative estimate of drug-likeness (QED) is 0.117. The molecule has 0 aromatic rings. The highest BCUT2D eigenvalue weighted by molar-refractivity contribution is 9.09. The lowest BCUT2D eigenvalue weighted by atomic mass is 9.99. The highest BCUT2D eigenvalue weighted by Crippen LogP contribution is 2.15. The summed E-state index contributed by atoms with van der Waals surface area (Å²) in [6, 6.07) is 0. The molecule has 0 amide bonds. The number of carbonyl (C=O) groups is 1. The third-order valence-electron chi connectivity index (χ3n) is 4.43. The highest BCUT2D eigenvalue weighted by Gasteiger charge is 2.10. The molecule has 23 heavy (non-hydrogen) atoms. The first kappa shape index (κ1) is 22.8. The lowest BCUT2D eigenvalue weighted by molar-refractivity contribution is -0.145. The number of hydrogen-bond donors (Lipinski definition) is 0. The first-order valence-electron chi connectivity index (χ1n) is 9.75. The largest absolute Gasteiger partial charge is 0.465 e. The fourth-order valence-electron chi connectivity index (χ4n) is 2.72. The molecule has 0 aromatic carbocycles. The van der Waals surface area contributed by atoms with Gasteiger partial charge in [0.1, 0.15) is 0 Å². The molecule has 0 N–H and O–H groups in total. The Labute approximate surface area is 153 Å². The van der Waals surface area contributed by atoms with Gasteiger partial charge < -0.3 is 4.74 Å². The minimum absolute atomic E-state index is 0.000460. The molecule has 0 radical (unpaired) electrons. The fourth-order valence-corrected chi connectivity index (χ4v) is 3.12. The third-order valence-corrected chi connectivity index (χ3v) is 5.00. The van der Waals surface area contributed by atoms with Gasteiger partial charge in [0.25, 0.3) is 0 Å². The van der Waals surface area contributed by atoms with E-state index < -0.39 is 0 Å². The molecule has 2 nitrogen and oxygen atoms in total. The molecule has 0 aromatic heterocycles. The molecular formula is C20H38BrO2+. The van der Waals surface area contributed by atoms with Gasteiger partial charge in [0.05, 0.1) is 20.0 Å². The van der Waals surface area contributed by atoms with E-state index in [0.29, 0.717) is 18.9 Å². The maximum atomic E-state index is 11.8. The van der Waals surface area contributed by atoms with Gasteiger partial charge >= 0.3 is 5.97 Å². The monoisotopic (exact) mass is 389 g/mol. The second kappa shape index (κ2) is 18.2. The smallest absolute Gasteiger partial charge is 0.305 e. The second-order valence-electron chi connectivity index (χ2n) is 6.57. The van der Waals surface area contributed by atoms with Crippen LogP contribution in [0.5, 0.6) is 0 Å². The highest BCUT2D eigenvalue weighted by atomic mass is 79.9. The summed E-state index contributed by atoms with van der Waals surface area (Å²) in [6.07, 6.45) is 16.2. The fraction of sp³-hybridized carbons (Fsp3) is 0.900. The molecule has 1 unspecified atom stereocenters. The molecule has 0 heterocycles. The number of carbonyl (C=O) groups excluding carboxylic acids is 1. The SMILES string of the molecule is [CH2+]CCCCCC(CC)COC(=O)CCCCCCCCCBr. The van der Waals surface area contributed by atoms with Gasteiger partial charge in [0.15, 0.2) is 0 Å². The van der Waals surface area contributed by atoms with Crippen molar-refractivity contribution >= 4 is 21.9 Å². The number of unbranched alkanes of at least 4 members (excludes halogenated alkanes) is 9. The van der Waals surface area contributed by atoms with Crippen LogP contribution < -0.4 is 0 Å². The number of hydrogen-bond acceptors (Lipinski definition) is 2. The first-order chi connectivity index (χ1) is 11.2. The van der Waals surface area contributed by atoms with Crippen LogP contribution >= 0.6 is 15.9 Å². The van der Waals surface area contributed by atoms with Crippen LogP contribution in [-0.2, 0) is 9.53 Å². The Hall–Kier alpha value is -0.180. The number of esters is 1. The average Bonchev–Trinajstić information content (AvgIpc) is 2.56. The van der Waals surface area contributed by atoms with Crippen LogP contribution in [0.15, 0.2) is 0 Å². The number of alkyl halides is 1. The van der Waals surface area contributed by atoms with Gasteiger partial charge in [-0.2, -0.15) is 0 Å². The first-order valence-corrected chi connectivity index (χ1v) is 10.9. The van der Waals surface area contributed by atoms with E-state index in [1.165, 1.54) is 57.8 Å². The lowest BCUT2D eigenvalue weighted by Gasteiger charge is -2.14. The number of ether oxygens (including phenoxy) is 1. The molecule has 0 bridgehead atoms. The standard InChI is InChI=1S/C20H38BrO2/c1-3-5-6-12-15-19(4-2)18-23-20(22)16-13-10-8-7-9-11-14-17-21/h19H,1,3-18H2,2H3/q+1. The van der Waals surface area contributed by atoms with Crippen LogP contribution in [0.1, 0.15) is 96.8 Å². The van der Waals surface area contributed by atoms with Crippen molar-refractivity contribution in [3.05, 3.63) is 6.92 Å². The minimum atomic E-state index is 0.000460. The predicted molar refractivity (Wildman–Crippen MR) is 104 cm³/mol. The Bertz CT molecular complexity index is 256. The Balaban J connectivity index is 3.46. The summed E-state index contributed by atoms with van der Waals surface area (Å²) in [4.78, 5) is 11.8. The van der Waals surface area contributed by atoms with Gasteiger partial charge in [-0.05, 0) is 38.0 Å². The van der Waals surface area contributed by atoms with E-state index in [9.17, 15) is 4.79 Å². The summed E-state index contributed by atoms with van der Waals surface area (Å²) in [5.41, 5.74) is 0. The van der Waals surface area contributed by atoms with Crippen LogP contribution in [0.2, 0.25) is 0 Å². The van der Waals surface area contributed by atoms with E-state index in [-0.39, 0.29) is 5.97 Å². The molecule has 0 aliphatic carbocycles. The maximum Gasteiger partial charge on any atom is 0.305 e. The Kier molecular flexibility index (Phi) is 18.0. The van der Waals surface area contributed by atoms with Crippen molar-refractivity contribution in [2.45, 2.75) is 96.8 Å². The Morgan fingerprint density at radius 1 is 0.957 bits per heavy atom. The third kappa shape index (κ3) is 16.5. The molecule has 0 fully saturated rings. The molecule has 0 aliphatic heterocycles. The van der Waals surface area contributed by atoms with E-state index in [4.69, 9.17) is 4.74 Å². The van der Waals surface area contributed by atoms with E-state index in [0.717, 1.165) is 31.0 Å². The molecule has 0 rings (SSSR count).